The quantitative estimate of drug-likeness (QED) is 0.791. The Labute approximate surface area is 169 Å². The third-order valence-electron chi connectivity index (χ3n) is 5.97. The van der Waals surface area contributed by atoms with Gasteiger partial charge in [-0.3, -0.25) is 9.59 Å². The Hall–Kier alpha value is -2.89. The molecular formula is C23H24FNO4. The van der Waals surface area contributed by atoms with Crippen LogP contribution in [0.5, 0.6) is 5.75 Å². The Morgan fingerprint density at radius 2 is 1.83 bits per heavy atom. The molecule has 2 aromatic rings. The lowest BCUT2D eigenvalue weighted by Crippen LogP contribution is -2.33. The van der Waals surface area contributed by atoms with Crippen molar-refractivity contribution < 1.29 is 23.8 Å². The second-order valence-corrected chi connectivity index (χ2v) is 7.93. The Kier molecular flexibility index (Phi) is 5.51. The highest BCUT2D eigenvalue weighted by atomic mass is 19.1. The number of fused-ring (bicyclic) bond motifs is 1. The summed E-state index contributed by atoms with van der Waals surface area (Å²) in [7, 11) is 0. The molecule has 4 rings (SSSR count). The Morgan fingerprint density at radius 3 is 2.52 bits per heavy atom. The SMILES string of the molecule is O=C(O)C1CCC(CN2Cc3ccc(OCc4ccccc4)c(F)c3C2=O)CC1. The normalized spacial score (nSPS) is 21.1. The number of benzene rings is 2. The molecule has 1 saturated carbocycles. The fourth-order valence-corrected chi connectivity index (χ4v) is 4.29. The number of hydrogen-bond donors (Lipinski definition) is 1. The van der Waals surface area contributed by atoms with Crippen molar-refractivity contribution in [3.05, 3.63) is 65.0 Å². The summed E-state index contributed by atoms with van der Waals surface area (Å²) in [5, 5.41) is 9.12. The molecule has 0 bridgehead atoms. The first kappa shape index (κ1) is 19.4. The molecule has 0 unspecified atom stereocenters. The van der Waals surface area contributed by atoms with Gasteiger partial charge in [-0.15, -0.1) is 0 Å². The number of amides is 1. The number of carbonyl (C=O) groups is 2. The zero-order valence-electron chi connectivity index (χ0n) is 16.1. The van der Waals surface area contributed by atoms with Crippen LogP contribution >= 0.6 is 0 Å². The number of ether oxygens (including phenoxy) is 1. The van der Waals surface area contributed by atoms with Gasteiger partial charge in [-0.05, 0) is 48.8 Å². The maximum absolute atomic E-state index is 15.0. The van der Waals surface area contributed by atoms with Gasteiger partial charge in [0.15, 0.2) is 11.6 Å². The van der Waals surface area contributed by atoms with E-state index in [1.807, 2.05) is 30.3 Å². The number of rotatable bonds is 6. The summed E-state index contributed by atoms with van der Waals surface area (Å²) in [4.78, 5) is 25.6. The molecule has 0 saturated heterocycles. The molecule has 0 radical (unpaired) electrons. The van der Waals surface area contributed by atoms with Gasteiger partial charge in [-0.25, -0.2) is 4.39 Å². The highest BCUT2D eigenvalue weighted by Gasteiger charge is 2.35. The summed E-state index contributed by atoms with van der Waals surface area (Å²) in [5.74, 6) is -1.56. The predicted molar refractivity (Wildman–Crippen MR) is 105 cm³/mol. The molecule has 29 heavy (non-hydrogen) atoms. The van der Waals surface area contributed by atoms with Gasteiger partial charge in [0.25, 0.3) is 5.91 Å². The standard InChI is InChI=1S/C23H24FNO4/c24-21-19(29-14-16-4-2-1-3-5-16)11-10-18-13-25(22(26)20(18)21)12-15-6-8-17(9-7-15)23(27)28/h1-5,10-11,15,17H,6-9,12-14H2,(H,27,28). The molecule has 1 fully saturated rings. The van der Waals surface area contributed by atoms with Gasteiger partial charge in [-0.1, -0.05) is 36.4 Å². The van der Waals surface area contributed by atoms with E-state index in [-0.39, 0.29) is 35.7 Å². The number of hydrogen-bond acceptors (Lipinski definition) is 3. The van der Waals surface area contributed by atoms with E-state index in [2.05, 4.69) is 0 Å². The minimum absolute atomic E-state index is 0.0877. The molecule has 1 aliphatic heterocycles. The van der Waals surface area contributed by atoms with Gasteiger partial charge in [0, 0.05) is 13.1 Å². The highest BCUT2D eigenvalue weighted by Crippen LogP contribution is 2.34. The van der Waals surface area contributed by atoms with E-state index in [0.717, 1.165) is 18.4 Å². The summed E-state index contributed by atoms with van der Waals surface area (Å²) in [6, 6.07) is 12.8. The summed E-state index contributed by atoms with van der Waals surface area (Å²) >= 11 is 0. The van der Waals surface area contributed by atoms with Gasteiger partial charge in [0.1, 0.15) is 6.61 Å². The number of aliphatic carboxylic acids is 1. The van der Waals surface area contributed by atoms with Gasteiger partial charge in [0.05, 0.1) is 11.5 Å². The first-order valence-electron chi connectivity index (χ1n) is 10.0. The molecule has 6 heteroatoms. The molecule has 0 atom stereocenters. The molecule has 1 heterocycles. The van der Waals surface area contributed by atoms with E-state index in [4.69, 9.17) is 9.84 Å². The van der Waals surface area contributed by atoms with E-state index in [0.29, 0.717) is 31.5 Å². The van der Waals surface area contributed by atoms with Gasteiger partial charge < -0.3 is 14.7 Å². The zero-order valence-corrected chi connectivity index (χ0v) is 16.1. The lowest BCUT2D eigenvalue weighted by molar-refractivity contribution is -0.143. The van der Waals surface area contributed by atoms with Crippen LogP contribution in [0.1, 0.15) is 47.2 Å². The van der Waals surface area contributed by atoms with Crippen molar-refractivity contribution >= 4 is 11.9 Å². The Balaban J connectivity index is 1.40. The van der Waals surface area contributed by atoms with Crippen LogP contribution in [0.3, 0.4) is 0 Å². The first-order chi connectivity index (χ1) is 14.0. The number of nitrogens with zero attached hydrogens (tertiary/aromatic N) is 1. The maximum atomic E-state index is 15.0. The van der Waals surface area contributed by atoms with Crippen molar-refractivity contribution in [1.29, 1.82) is 0 Å². The smallest absolute Gasteiger partial charge is 0.306 e. The average molecular weight is 397 g/mol. The fraction of sp³-hybridized carbons (Fsp3) is 0.391. The summed E-state index contributed by atoms with van der Waals surface area (Å²) in [5.41, 5.74) is 1.71. The van der Waals surface area contributed by atoms with Gasteiger partial charge in [0.2, 0.25) is 0 Å². The first-order valence-corrected chi connectivity index (χ1v) is 10.0. The summed E-state index contributed by atoms with van der Waals surface area (Å²) in [6.07, 6.45) is 2.84. The molecule has 0 aromatic heterocycles. The van der Waals surface area contributed by atoms with Crippen molar-refractivity contribution in [1.82, 2.24) is 4.90 Å². The Morgan fingerprint density at radius 1 is 1.10 bits per heavy atom. The summed E-state index contributed by atoms with van der Waals surface area (Å²) in [6.45, 7) is 1.17. The predicted octanol–water partition coefficient (Wildman–Crippen LogP) is 4.25. The van der Waals surface area contributed by atoms with Crippen LogP contribution in [0.4, 0.5) is 4.39 Å². The van der Waals surface area contributed by atoms with E-state index < -0.39 is 11.8 Å². The van der Waals surface area contributed by atoms with Crippen LogP contribution in [-0.4, -0.2) is 28.4 Å². The third-order valence-corrected chi connectivity index (χ3v) is 5.97. The van der Waals surface area contributed by atoms with E-state index >= 15 is 0 Å². The fourth-order valence-electron chi connectivity index (χ4n) is 4.29. The maximum Gasteiger partial charge on any atom is 0.306 e. The molecule has 0 spiro atoms. The van der Waals surface area contributed by atoms with Crippen molar-refractivity contribution in [2.45, 2.75) is 38.8 Å². The molecule has 1 amide bonds. The van der Waals surface area contributed by atoms with E-state index in [9.17, 15) is 14.0 Å². The van der Waals surface area contributed by atoms with Crippen LogP contribution in [0.25, 0.3) is 0 Å². The Bertz CT molecular complexity index is 907. The van der Waals surface area contributed by atoms with Crippen molar-refractivity contribution in [3.63, 3.8) is 0 Å². The van der Waals surface area contributed by atoms with Crippen LogP contribution < -0.4 is 4.74 Å². The number of carbonyl (C=O) groups excluding carboxylic acids is 1. The molecular weight excluding hydrogens is 373 g/mol. The van der Waals surface area contributed by atoms with Crippen LogP contribution in [-0.2, 0) is 17.9 Å². The summed E-state index contributed by atoms with van der Waals surface area (Å²) < 4.78 is 20.6. The molecule has 152 valence electrons. The number of halogens is 1. The minimum Gasteiger partial charge on any atom is -0.486 e. The molecule has 2 aromatic carbocycles. The number of carboxylic acids is 1. The lowest BCUT2D eigenvalue weighted by atomic mass is 9.82. The van der Waals surface area contributed by atoms with Gasteiger partial charge in [-0.2, -0.15) is 0 Å². The topological polar surface area (TPSA) is 66.8 Å². The van der Waals surface area contributed by atoms with Crippen molar-refractivity contribution in [2.75, 3.05) is 6.54 Å². The van der Waals surface area contributed by atoms with Crippen molar-refractivity contribution in [2.24, 2.45) is 11.8 Å². The zero-order chi connectivity index (χ0) is 20.4. The second kappa shape index (κ2) is 8.23. The largest absolute Gasteiger partial charge is 0.486 e. The number of carboxylic acid groups (broad SMARTS) is 1. The molecule has 1 aliphatic carbocycles. The van der Waals surface area contributed by atoms with Crippen LogP contribution in [0.2, 0.25) is 0 Å². The average Bonchev–Trinajstić information content (AvgIpc) is 3.05. The van der Waals surface area contributed by atoms with Gasteiger partial charge >= 0.3 is 5.97 Å². The lowest BCUT2D eigenvalue weighted by Gasteiger charge is -2.29. The van der Waals surface area contributed by atoms with E-state index in [1.54, 1.807) is 17.0 Å². The van der Waals surface area contributed by atoms with Crippen LogP contribution in [0.15, 0.2) is 42.5 Å². The van der Waals surface area contributed by atoms with Crippen molar-refractivity contribution in [3.8, 4) is 5.75 Å². The molecule has 1 N–H and O–H groups in total. The molecule has 5 nitrogen and oxygen atoms in total. The second-order valence-electron chi connectivity index (χ2n) is 7.93. The molecule has 2 aliphatic rings. The third kappa shape index (κ3) is 4.11. The highest BCUT2D eigenvalue weighted by molar-refractivity contribution is 5.99. The van der Waals surface area contributed by atoms with Crippen LogP contribution in [0, 0.1) is 17.7 Å². The van der Waals surface area contributed by atoms with E-state index in [1.165, 1.54) is 0 Å². The minimum atomic E-state index is -0.738. The monoisotopic (exact) mass is 397 g/mol.